The summed E-state index contributed by atoms with van der Waals surface area (Å²) in [7, 11) is 0. The fraction of sp³-hybridized carbons (Fsp3) is 0.714. The second-order valence-corrected chi connectivity index (χ2v) is 5.84. The van der Waals surface area contributed by atoms with Crippen LogP contribution in [0.25, 0.3) is 0 Å². The molecule has 0 amide bonds. The molecule has 1 aromatic heterocycles. The van der Waals surface area contributed by atoms with Crippen molar-refractivity contribution in [1.82, 2.24) is 9.97 Å². The van der Waals surface area contributed by atoms with Crippen LogP contribution in [-0.2, 0) is 0 Å². The third kappa shape index (κ3) is 2.42. The molecule has 2 N–H and O–H groups in total. The number of hydrogen-bond donors (Lipinski definition) is 2. The average Bonchev–Trinajstić information content (AvgIpc) is 3.11. The number of rotatable bonds is 5. The van der Waals surface area contributed by atoms with E-state index in [1.807, 2.05) is 6.07 Å². The third-order valence-corrected chi connectivity index (χ3v) is 3.93. The number of nitrogens with zero attached hydrogens (tertiary/aromatic N) is 2. The van der Waals surface area contributed by atoms with Crippen molar-refractivity contribution in [2.75, 3.05) is 17.2 Å². The van der Waals surface area contributed by atoms with Crippen LogP contribution in [0.5, 0.6) is 0 Å². The monoisotopic (exact) mass is 246 g/mol. The standard InChI is InChI=1S/C14H22N4/c1-3-15-11-9-12(18-14(2)7-4-8-14)17-13(16-11)10-5-6-10/h9-10H,3-8H2,1-2H3,(H2,15,16,17,18). The molecule has 1 heterocycles. The molecule has 2 aliphatic rings. The topological polar surface area (TPSA) is 49.8 Å². The summed E-state index contributed by atoms with van der Waals surface area (Å²) in [5, 5.41) is 6.89. The zero-order chi connectivity index (χ0) is 12.6. The van der Waals surface area contributed by atoms with Crippen LogP contribution in [0.3, 0.4) is 0 Å². The van der Waals surface area contributed by atoms with E-state index in [1.54, 1.807) is 0 Å². The summed E-state index contributed by atoms with van der Waals surface area (Å²) in [5.74, 6) is 3.56. The SMILES string of the molecule is CCNc1cc(NC2(C)CCC2)nc(C2CC2)n1. The summed E-state index contributed by atoms with van der Waals surface area (Å²) < 4.78 is 0. The summed E-state index contributed by atoms with van der Waals surface area (Å²) in [6.45, 7) is 5.28. The van der Waals surface area contributed by atoms with E-state index in [2.05, 4.69) is 34.4 Å². The summed E-state index contributed by atoms with van der Waals surface area (Å²) in [4.78, 5) is 9.28. The van der Waals surface area contributed by atoms with Crippen LogP contribution in [0.1, 0.15) is 57.7 Å². The Kier molecular flexibility index (Phi) is 2.88. The van der Waals surface area contributed by atoms with E-state index in [4.69, 9.17) is 0 Å². The van der Waals surface area contributed by atoms with E-state index in [-0.39, 0.29) is 5.54 Å². The molecule has 3 rings (SSSR count). The molecule has 1 aromatic rings. The molecule has 0 atom stereocenters. The highest BCUT2D eigenvalue weighted by Gasteiger charge is 2.33. The third-order valence-electron chi connectivity index (χ3n) is 3.93. The largest absolute Gasteiger partial charge is 0.370 e. The Morgan fingerprint density at radius 3 is 2.56 bits per heavy atom. The summed E-state index contributed by atoms with van der Waals surface area (Å²) in [6.07, 6.45) is 6.29. The lowest BCUT2D eigenvalue weighted by atomic mass is 9.78. The fourth-order valence-corrected chi connectivity index (χ4v) is 2.47. The van der Waals surface area contributed by atoms with Crippen LogP contribution >= 0.6 is 0 Å². The van der Waals surface area contributed by atoms with Crippen molar-refractivity contribution in [3.8, 4) is 0 Å². The molecule has 0 bridgehead atoms. The predicted octanol–water partition coefficient (Wildman–Crippen LogP) is 3.14. The molecule has 4 heteroatoms. The summed E-state index contributed by atoms with van der Waals surface area (Å²) in [5.41, 5.74) is 0.249. The predicted molar refractivity (Wildman–Crippen MR) is 74.0 cm³/mol. The Bertz CT molecular complexity index is 435. The van der Waals surface area contributed by atoms with Gasteiger partial charge in [-0.1, -0.05) is 0 Å². The van der Waals surface area contributed by atoms with Gasteiger partial charge in [0.05, 0.1) is 0 Å². The van der Waals surface area contributed by atoms with Gasteiger partial charge in [0.1, 0.15) is 17.5 Å². The maximum atomic E-state index is 4.68. The second kappa shape index (κ2) is 4.41. The zero-order valence-electron chi connectivity index (χ0n) is 11.3. The molecule has 18 heavy (non-hydrogen) atoms. The molecular formula is C14H22N4. The average molecular weight is 246 g/mol. The second-order valence-electron chi connectivity index (χ2n) is 5.84. The smallest absolute Gasteiger partial charge is 0.136 e. The first-order valence-corrected chi connectivity index (χ1v) is 7.09. The van der Waals surface area contributed by atoms with Crippen LogP contribution < -0.4 is 10.6 Å². The molecule has 2 saturated carbocycles. The van der Waals surface area contributed by atoms with Crippen molar-refractivity contribution >= 4 is 11.6 Å². The first kappa shape index (κ1) is 11.8. The van der Waals surface area contributed by atoms with Crippen molar-refractivity contribution in [1.29, 1.82) is 0 Å². The van der Waals surface area contributed by atoms with E-state index in [1.165, 1.54) is 32.1 Å². The van der Waals surface area contributed by atoms with Crippen molar-refractivity contribution in [3.63, 3.8) is 0 Å². The minimum Gasteiger partial charge on any atom is -0.370 e. The van der Waals surface area contributed by atoms with Crippen molar-refractivity contribution in [3.05, 3.63) is 11.9 Å². The molecular weight excluding hydrogens is 224 g/mol. The zero-order valence-corrected chi connectivity index (χ0v) is 11.3. The van der Waals surface area contributed by atoms with Gasteiger partial charge in [-0.3, -0.25) is 0 Å². The van der Waals surface area contributed by atoms with E-state index >= 15 is 0 Å². The Labute approximate surface area is 109 Å². The highest BCUT2D eigenvalue weighted by atomic mass is 15.1. The Morgan fingerprint density at radius 1 is 1.28 bits per heavy atom. The normalized spacial score (nSPS) is 21.2. The molecule has 0 spiro atoms. The van der Waals surface area contributed by atoms with Crippen LogP contribution in [0.2, 0.25) is 0 Å². The Hall–Kier alpha value is -1.32. The van der Waals surface area contributed by atoms with Gasteiger partial charge in [0.15, 0.2) is 0 Å². The molecule has 0 radical (unpaired) electrons. The van der Waals surface area contributed by atoms with Gasteiger partial charge in [0.2, 0.25) is 0 Å². The molecule has 0 unspecified atom stereocenters. The molecule has 4 nitrogen and oxygen atoms in total. The first-order chi connectivity index (χ1) is 8.68. The minimum atomic E-state index is 0.249. The molecule has 0 aliphatic heterocycles. The van der Waals surface area contributed by atoms with Gasteiger partial charge in [-0.15, -0.1) is 0 Å². The van der Waals surface area contributed by atoms with E-state index in [0.29, 0.717) is 5.92 Å². The first-order valence-electron chi connectivity index (χ1n) is 7.09. The quantitative estimate of drug-likeness (QED) is 0.838. The van der Waals surface area contributed by atoms with Crippen molar-refractivity contribution in [2.45, 2.75) is 57.4 Å². The van der Waals surface area contributed by atoms with Gasteiger partial charge in [-0.25, -0.2) is 9.97 Å². The molecule has 2 fully saturated rings. The molecule has 98 valence electrons. The van der Waals surface area contributed by atoms with E-state index in [9.17, 15) is 0 Å². The molecule has 0 aromatic carbocycles. The lowest BCUT2D eigenvalue weighted by Crippen LogP contribution is -2.42. The van der Waals surface area contributed by atoms with Crippen LogP contribution in [0.4, 0.5) is 11.6 Å². The summed E-state index contributed by atoms with van der Waals surface area (Å²) >= 11 is 0. The number of hydrogen-bond acceptors (Lipinski definition) is 4. The van der Waals surface area contributed by atoms with Crippen LogP contribution in [0, 0.1) is 0 Å². The number of anilines is 2. The number of nitrogens with one attached hydrogen (secondary N) is 2. The van der Waals surface area contributed by atoms with Gasteiger partial charge in [0.25, 0.3) is 0 Å². The van der Waals surface area contributed by atoms with Crippen LogP contribution in [-0.4, -0.2) is 22.1 Å². The molecule has 2 aliphatic carbocycles. The fourth-order valence-electron chi connectivity index (χ4n) is 2.47. The maximum absolute atomic E-state index is 4.68. The molecule has 0 saturated heterocycles. The van der Waals surface area contributed by atoms with E-state index in [0.717, 1.165) is 24.0 Å². The van der Waals surface area contributed by atoms with Gasteiger partial charge in [0, 0.05) is 24.1 Å². The maximum Gasteiger partial charge on any atom is 0.136 e. The lowest BCUT2D eigenvalue weighted by Gasteiger charge is -2.39. The lowest BCUT2D eigenvalue weighted by molar-refractivity contribution is 0.305. The van der Waals surface area contributed by atoms with Crippen LogP contribution in [0.15, 0.2) is 6.07 Å². The number of aromatic nitrogens is 2. The van der Waals surface area contributed by atoms with Crippen molar-refractivity contribution in [2.24, 2.45) is 0 Å². The van der Waals surface area contributed by atoms with Gasteiger partial charge in [-0.05, 0) is 46.0 Å². The van der Waals surface area contributed by atoms with Gasteiger partial charge < -0.3 is 10.6 Å². The Balaban J connectivity index is 1.82. The van der Waals surface area contributed by atoms with Crippen molar-refractivity contribution < 1.29 is 0 Å². The van der Waals surface area contributed by atoms with Gasteiger partial charge >= 0.3 is 0 Å². The minimum absolute atomic E-state index is 0.249. The highest BCUT2D eigenvalue weighted by Crippen LogP contribution is 2.40. The summed E-state index contributed by atoms with van der Waals surface area (Å²) in [6, 6.07) is 2.04. The highest BCUT2D eigenvalue weighted by molar-refractivity contribution is 5.49. The Morgan fingerprint density at radius 2 is 2.00 bits per heavy atom. The van der Waals surface area contributed by atoms with E-state index < -0.39 is 0 Å². The van der Waals surface area contributed by atoms with Gasteiger partial charge in [-0.2, -0.15) is 0 Å².